The van der Waals surface area contributed by atoms with Crippen LogP contribution in [0.3, 0.4) is 0 Å². The molecule has 0 aliphatic carbocycles. The summed E-state index contributed by atoms with van der Waals surface area (Å²) >= 11 is 0. The molecule has 11 heteroatoms. The number of rotatable bonds is 12. The first-order valence-corrected chi connectivity index (χ1v) is 14.3. The second-order valence-corrected chi connectivity index (χ2v) is 11.6. The number of esters is 1. The van der Waals surface area contributed by atoms with Gasteiger partial charge in [0.2, 0.25) is 11.8 Å². The average Bonchev–Trinajstić information content (AvgIpc) is 3.69. The molecule has 5 rings (SSSR count). The fourth-order valence-electron chi connectivity index (χ4n) is 7.23. The van der Waals surface area contributed by atoms with Crippen LogP contribution >= 0.6 is 0 Å². The number of fused-ring (bicyclic) bond motifs is 2. The van der Waals surface area contributed by atoms with Crippen LogP contribution in [0.2, 0.25) is 0 Å². The number of hydrogen-bond donors (Lipinski definition) is 1. The van der Waals surface area contributed by atoms with Gasteiger partial charge < -0.3 is 24.4 Å². The Hall–Kier alpha value is -3.57. The van der Waals surface area contributed by atoms with Gasteiger partial charge in [-0.25, -0.2) is 4.68 Å². The van der Waals surface area contributed by atoms with Crippen LogP contribution in [0.1, 0.15) is 40.0 Å². The number of para-hydroxylation sites is 1. The third-order valence-corrected chi connectivity index (χ3v) is 9.15. The van der Waals surface area contributed by atoms with Gasteiger partial charge in [0.1, 0.15) is 36.4 Å². The van der Waals surface area contributed by atoms with Crippen LogP contribution < -0.4 is 0 Å². The number of aliphatic hydroxyl groups is 1. The summed E-state index contributed by atoms with van der Waals surface area (Å²) in [5.74, 6) is -3.18. The molecule has 1 aromatic carbocycles. The lowest BCUT2D eigenvalue weighted by molar-refractivity contribution is -0.164. The van der Waals surface area contributed by atoms with E-state index in [1.807, 2.05) is 45.0 Å². The Morgan fingerprint density at radius 2 is 2.02 bits per heavy atom. The fraction of sp³-hybridized carbons (Fsp3) is 0.567. The third kappa shape index (κ3) is 4.37. The number of amides is 2. The molecule has 3 fully saturated rings. The molecule has 2 amide bonds. The summed E-state index contributed by atoms with van der Waals surface area (Å²) in [4.78, 5) is 45.6. The Labute approximate surface area is 239 Å². The van der Waals surface area contributed by atoms with E-state index in [9.17, 15) is 19.5 Å². The quantitative estimate of drug-likeness (QED) is 0.307. The van der Waals surface area contributed by atoms with E-state index in [0.29, 0.717) is 24.8 Å². The number of likely N-dealkylation sites (tertiary alicyclic amines) is 1. The standard InChI is InChI=1S/C30H39N5O6/c1-6-15-33(18-34-21-12-10-9-11-20(21)31-32-34)27(38)25-30-14-13-29(8-3,41-30)24(28(39)40-16-7-2)23(30)26(37)35(25)22(17-36)19(4)5/h6-7,9-12,19,22-25,36H,1-2,8,13-18H2,3-5H3/t22-,23-,24+,25?,29-,30?/m0/s1. The second kappa shape index (κ2) is 11.0. The third-order valence-electron chi connectivity index (χ3n) is 9.15. The SMILES string of the molecule is C=CCOC(=O)[C@H]1[C@H]2C(=O)N([C@@H](CO)C(C)C)C(C(=O)N(CC=C)Cn3nnc4ccccc43)C23CC[C@]1(CC)O3. The Morgan fingerprint density at radius 1 is 1.27 bits per heavy atom. The monoisotopic (exact) mass is 565 g/mol. The second-order valence-electron chi connectivity index (χ2n) is 11.6. The minimum Gasteiger partial charge on any atom is -0.461 e. The predicted octanol–water partition coefficient (Wildman–Crippen LogP) is 2.30. The van der Waals surface area contributed by atoms with Crippen LogP contribution in [0.5, 0.6) is 0 Å². The minimum atomic E-state index is -1.24. The highest BCUT2D eigenvalue weighted by Crippen LogP contribution is 2.65. The van der Waals surface area contributed by atoms with Gasteiger partial charge in [-0.1, -0.05) is 56.8 Å². The zero-order valence-corrected chi connectivity index (χ0v) is 23.9. The van der Waals surface area contributed by atoms with Crippen molar-refractivity contribution >= 4 is 28.8 Å². The van der Waals surface area contributed by atoms with Crippen molar-refractivity contribution in [1.29, 1.82) is 0 Å². The van der Waals surface area contributed by atoms with E-state index in [1.54, 1.807) is 15.7 Å². The molecule has 11 nitrogen and oxygen atoms in total. The number of ether oxygens (including phenoxy) is 2. The van der Waals surface area contributed by atoms with E-state index < -0.39 is 41.1 Å². The molecule has 0 saturated carbocycles. The zero-order chi connectivity index (χ0) is 29.5. The molecule has 4 heterocycles. The first kappa shape index (κ1) is 28.9. The minimum absolute atomic E-state index is 0.0132. The highest BCUT2D eigenvalue weighted by Gasteiger charge is 2.79. The van der Waals surface area contributed by atoms with Gasteiger partial charge in [-0.15, -0.1) is 11.7 Å². The van der Waals surface area contributed by atoms with Crippen molar-refractivity contribution in [2.24, 2.45) is 17.8 Å². The molecule has 2 unspecified atom stereocenters. The van der Waals surface area contributed by atoms with Crippen LogP contribution in [-0.4, -0.2) is 90.7 Å². The topological polar surface area (TPSA) is 127 Å². The first-order valence-electron chi connectivity index (χ1n) is 14.3. The van der Waals surface area contributed by atoms with Gasteiger partial charge in [0.15, 0.2) is 0 Å². The van der Waals surface area contributed by atoms with Crippen molar-refractivity contribution in [1.82, 2.24) is 24.8 Å². The smallest absolute Gasteiger partial charge is 0.313 e. The molecule has 1 N–H and O–H groups in total. The van der Waals surface area contributed by atoms with Crippen molar-refractivity contribution in [2.75, 3.05) is 19.8 Å². The van der Waals surface area contributed by atoms with E-state index in [2.05, 4.69) is 23.5 Å². The maximum Gasteiger partial charge on any atom is 0.313 e. The number of carbonyl (C=O) groups excluding carboxylic acids is 3. The molecular formula is C30H39N5O6. The average molecular weight is 566 g/mol. The van der Waals surface area contributed by atoms with Gasteiger partial charge in [0, 0.05) is 6.54 Å². The molecule has 3 aliphatic heterocycles. The molecule has 2 aromatic rings. The van der Waals surface area contributed by atoms with Crippen molar-refractivity contribution in [2.45, 2.75) is 70.0 Å². The summed E-state index contributed by atoms with van der Waals surface area (Å²) in [7, 11) is 0. The number of aliphatic hydroxyl groups excluding tert-OH is 1. The molecule has 3 saturated heterocycles. The van der Waals surface area contributed by atoms with E-state index in [-0.39, 0.29) is 44.2 Å². The van der Waals surface area contributed by atoms with Gasteiger partial charge in [-0.05, 0) is 37.3 Å². The Morgan fingerprint density at radius 3 is 2.68 bits per heavy atom. The number of benzene rings is 1. The van der Waals surface area contributed by atoms with Gasteiger partial charge in [0.25, 0.3) is 0 Å². The van der Waals surface area contributed by atoms with E-state index >= 15 is 0 Å². The Kier molecular flexibility index (Phi) is 7.78. The van der Waals surface area contributed by atoms with Crippen molar-refractivity contribution in [3.63, 3.8) is 0 Å². The van der Waals surface area contributed by atoms with Crippen LogP contribution in [0, 0.1) is 17.8 Å². The summed E-state index contributed by atoms with van der Waals surface area (Å²) in [6, 6.07) is 5.75. The Balaban J connectivity index is 1.60. The van der Waals surface area contributed by atoms with Gasteiger partial charge in [-0.3, -0.25) is 14.4 Å². The number of aromatic nitrogens is 3. The van der Waals surface area contributed by atoms with E-state index in [1.165, 1.54) is 11.0 Å². The number of nitrogens with zero attached hydrogens (tertiary/aromatic N) is 5. The van der Waals surface area contributed by atoms with Crippen molar-refractivity contribution in [3.05, 3.63) is 49.6 Å². The normalized spacial score (nSPS) is 29.1. The molecule has 41 heavy (non-hydrogen) atoms. The molecular weight excluding hydrogens is 526 g/mol. The Bertz CT molecular complexity index is 1360. The van der Waals surface area contributed by atoms with Gasteiger partial charge >= 0.3 is 5.97 Å². The zero-order valence-electron chi connectivity index (χ0n) is 23.9. The number of hydrogen-bond acceptors (Lipinski definition) is 8. The van der Waals surface area contributed by atoms with Crippen molar-refractivity contribution in [3.8, 4) is 0 Å². The summed E-state index contributed by atoms with van der Waals surface area (Å²) in [5, 5.41) is 18.9. The molecule has 3 aliphatic rings. The summed E-state index contributed by atoms with van der Waals surface area (Å²) in [5.41, 5.74) is -0.707. The van der Waals surface area contributed by atoms with E-state index in [4.69, 9.17) is 9.47 Å². The molecule has 220 valence electrons. The number of carbonyl (C=O) groups is 3. The molecule has 1 spiro atoms. The first-order chi connectivity index (χ1) is 19.7. The van der Waals surface area contributed by atoms with Gasteiger partial charge in [-0.2, -0.15) is 0 Å². The summed E-state index contributed by atoms with van der Waals surface area (Å²) in [6.45, 7) is 13.1. The molecule has 0 radical (unpaired) electrons. The van der Waals surface area contributed by atoms with Crippen LogP contribution in [0.15, 0.2) is 49.6 Å². The highest BCUT2D eigenvalue weighted by atomic mass is 16.6. The van der Waals surface area contributed by atoms with Crippen LogP contribution in [0.25, 0.3) is 11.0 Å². The van der Waals surface area contributed by atoms with Crippen LogP contribution in [-0.2, 0) is 30.5 Å². The fourth-order valence-corrected chi connectivity index (χ4v) is 7.23. The van der Waals surface area contributed by atoms with E-state index in [0.717, 1.165) is 5.52 Å². The maximum absolute atomic E-state index is 14.7. The highest BCUT2D eigenvalue weighted by molar-refractivity contribution is 5.98. The lowest BCUT2D eigenvalue weighted by Crippen LogP contribution is -2.59. The van der Waals surface area contributed by atoms with Crippen molar-refractivity contribution < 1.29 is 29.0 Å². The largest absolute Gasteiger partial charge is 0.461 e. The summed E-state index contributed by atoms with van der Waals surface area (Å²) < 4.78 is 13.9. The lowest BCUT2D eigenvalue weighted by Gasteiger charge is -2.40. The maximum atomic E-state index is 14.7. The van der Waals surface area contributed by atoms with Gasteiger partial charge in [0.05, 0.1) is 29.7 Å². The molecule has 2 bridgehead atoms. The predicted molar refractivity (Wildman–Crippen MR) is 150 cm³/mol. The molecule has 1 aromatic heterocycles. The summed E-state index contributed by atoms with van der Waals surface area (Å²) in [6.07, 6.45) is 4.54. The van der Waals surface area contributed by atoms with Crippen LogP contribution in [0.4, 0.5) is 0 Å². The lowest BCUT2D eigenvalue weighted by atomic mass is 9.65. The molecule has 6 atom stereocenters.